The van der Waals surface area contributed by atoms with Gasteiger partial charge >= 0.3 is 6.61 Å². The third-order valence-electron chi connectivity index (χ3n) is 4.81. The average molecular weight is 404 g/mol. The Kier molecular flexibility index (Phi) is 6.31. The fourth-order valence-electron chi connectivity index (χ4n) is 3.38. The summed E-state index contributed by atoms with van der Waals surface area (Å²) in [4.78, 5) is 26.8. The van der Waals surface area contributed by atoms with Gasteiger partial charge in [0.25, 0.3) is 0 Å². The van der Waals surface area contributed by atoms with Crippen LogP contribution in [-0.4, -0.2) is 32.1 Å². The molecule has 1 atom stereocenters. The number of benzene rings is 2. The first-order chi connectivity index (χ1) is 13.9. The van der Waals surface area contributed by atoms with Crippen LogP contribution in [0.5, 0.6) is 11.5 Å². The Morgan fingerprint density at radius 3 is 2.69 bits per heavy atom. The molecule has 6 nitrogen and oxygen atoms in total. The molecule has 0 aliphatic carbocycles. The van der Waals surface area contributed by atoms with Crippen molar-refractivity contribution in [3.63, 3.8) is 0 Å². The molecular formula is C21H22F2N2O4. The van der Waals surface area contributed by atoms with Gasteiger partial charge in [-0.2, -0.15) is 8.78 Å². The Morgan fingerprint density at radius 2 is 2.00 bits per heavy atom. The molecule has 1 heterocycles. The molecule has 2 aromatic rings. The van der Waals surface area contributed by atoms with Crippen molar-refractivity contribution in [1.29, 1.82) is 0 Å². The topological polar surface area (TPSA) is 67.9 Å². The molecule has 0 bridgehead atoms. The fourth-order valence-corrected chi connectivity index (χ4v) is 3.38. The Hall–Kier alpha value is -3.16. The van der Waals surface area contributed by atoms with Crippen LogP contribution in [0.15, 0.2) is 42.5 Å². The van der Waals surface area contributed by atoms with E-state index in [1.165, 1.54) is 25.3 Å². The number of methoxy groups -OCH3 is 1. The van der Waals surface area contributed by atoms with Crippen molar-refractivity contribution in [2.24, 2.45) is 5.92 Å². The van der Waals surface area contributed by atoms with E-state index in [0.717, 1.165) is 17.7 Å². The van der Waals surface area contributed by atoms with Gasteiger partial charge in [-0.1, -0.05) is 25.1 Å². The van der Waals surface area contributed by atoms with Crippen LogP contribution in [0.1, 0.15) is 18.9 Å². The van der Waals surface area contributed by atoms with Crippen LogP contribution >= 0.6 is 0 Å². The lowest BCUT2D eigenvalue weighted by atomic mass is 10.1. The van der Waals surface area contributed by atoms with Crippen LogP contribution < -0.4 is 19.7 Å². The van der Waals surface area contributed by atoms with Gasteiger partial charge in [0.15, 0.2) is 11.5 Å². The third-order valence-corrected chi connectivity index (χ3v) is 4.81. The quantitative estimate of drug-likeness (QED) is 0.761. The van der Waals surface area contributed by atoms with Gasteiger partial charge in [0.1, 0.15) is 0 Å². The lowest BCUT2D eigenvalue weighted by molar-refractivity contribution is -0.122. The van der Waals surface area contributed by atoms with E-state index in [4.69, 9.17) is 4.74 Å². The number of ether oxygens (including phenoxy) is 2. The first-order valence-electron chi connectivity index (χ1n) is 9.25. The number of hydrogen-bond acceptors (Lipinski definition) is 4. The van der Waals surface area contributed by atoms with Crippen molar-refractivity contribution in [3.8, 4) is 11.5 Å². The van der Waals surface area contributed by atoms with Crippen LogP contribution in [0.4, 0.5) is 20.2 Å². The Morgan fingerprint density at radius 1 is 1.24 bits per heavy atom. The summed E-state index contributed by atoms with van der Waals surface area (Å²) in [6, 6.07) is 11.8. The number of para-hydroxylation sites is 1. The minimum absolute atomic E-state index is 0.0838. The van der Waals surface area contributed by atoms with Crippen LogP contribution in [0.3, 0.4) is 0 Å². The van der Waals surface area contributed by atoms with Crippen molar-refractivity contribution in [1.82, 2.24) is 0 Å². The molecule has 1 N–H and O–H groups in total. The molecule has 1 aliphatic rings. The summed E-state index contributed by atoms with van der Waals surface area (Å²) in [6.07, 6.45) is 0.857. The zero-order chi connectivity index (χ0) is 21.0. The van der Waals surface area contributed by atoms with Crippen molar-refractivity contribution in [2.45, 2.75) is 26.4 Å². The predicted molar refractivity (Wildman–Crippen MR) is 105 cm³/mol. The lowest BCUT2D eigenvalue weighted by Gasteiger charge is -2.20. The van der Waals surface area contributed by atoms with Gasteiger partial charge in [0.2, 0.25) is 11.8 Å². The SMILES string of the molecule is CCc1ccccc1N1C[C@H](C(=O)Nc2ccc(OC)c(OC(F)F)c2)CC1=O. The number of amides is 2. The molecule has 29 heavy (non-hydrogen) atoms. The molecule has 8 heteroatoms. The summed E-state index contributed by atoms with van der Waals surface area (Å²) < 4.78 is 34.6. The highest BCUT2D eigenvalue weighted by atomic mass is 19.3. The Bertz CT molecular complexity index is 904. The van der Waals surface area contributed by atoms with E-state index in [0.29, 0.717) is 0 Å². The second-order valence-corrected chi connectivity index (χ2v) is 6.62. The average Bonchev–Trinajstić information content (AvgIpc) is 3.09. The number of rotatable bonds is 7. The minimum Gasteiger partial charge on any atom is -0.493 e. The van der Waals surface area contributed by atoms with E-state index < -0.39 is 12.5 Å². The third kappa shape index (κ3) is 4.64. The Labute approximate surface area is 167 Å². The molecule has 0 aromatic heterocycles. The maximum Gasteiger partial charge on any atom is 0.387 e. The van der Waals surface area contributed by atoms with Gasteiger partial charge in [-0.05, 0) is 30.2 Å². The lowest BCUT2D eigenvalue weighted by Crippen LogP contribution is -2.28. The number of nitrogens with zero attached hydrogens (tertiary/aromatic N) is 1. The van der Waals surface area contributed by atoms with Gasteiger partial charge in [-0.15, -0.1) is 0 Å². The molecule has 154 valence electrons. The van der Waals surface area contributed by atoms with Gasteiger partial charge in [-0.25, -0.2) is 0 Å². The molecule has 0 saturated carbocycles. The van der Waals surface area contributed by atoms with Crippen LogP contribution in [0.25, 0.3) is 0 Å². The molecule has 2 amide bonds. The standard InChI is InChI=1S/C21H22F2N2O4/c1-3-13-6-4-5-7-16(13)25-12-14(10-19(25)26)20(27)24-15-8-9-17(28-2)18(11-15)29-21(22)23/h4-9,11,14,21H,3,10,12H2,1-2H3,(H,24,27)/t14-/m1/s1. The minimum atomic E-state index is -3.02. The van der Waals surface area contributed by atoms with Gasteiger partial charge in [0.05, 0.1) is 13.0 Å². The summed E-state index contributed by atoms with van der Waals surface area (Å²) in [5.74, 6) is -1.08. The molecule has 3 rings (SSSR count). The van der Waals surface area contributed by atoms with E-state index >= 15 is 0 Å². The largest absolute Gasteiger partial charge is 0.493 e. The second-order valence-electron chi connectivity index (χ2n) is 6.62. The van der Waals surface area contributed by atoms with Crippen LogP contribution in [0.2, 0.25) is 0 Å². The van der Waals surface area contributed by atoms with E-state index in [-0.39, 0.29) is 42.0 Å². The zero-order valence-electron chi connectivity index (χ0n) is 16.2. The van der Waals surface area contributed by atoms with Crippen molar-refractivity contribution in [2.75, 3.05) is 23.9 Å². The summed E-state index contributed by atoms with van der Waals surface area (Å²) in [6.45, 7) is -0.751. The number of carbonyl (C=O) groups excluding carboxylic acids is 2. The highest BCUT2D eigenvalue weighted by molar-refractivity contribution is 6.04. The maximum atomic E-state index is 12.7. The van der Waals surface area contributed by atoms with Gasteiger partial charge < -0.3 is 19.7 Å². The summed E-state index contributed by atoms with van der Waals surface area (Å²) >= 11 is 0. The van der Waals surface area contributed by atoms with Crippen LogP contribution in [0, 0.1) is 5.92 Å². The van der Waals surface area contributed by atoms with E-state index in [1.807, 2.05) is 31.2 Å². The van der Waals surface area contributed by atoms with E-state index in [1.54, 1.807) is 4.90 Å². The smallest absolute Gasteiger partial charge is 0.387 e. The first-order valence-corrected chi connectivity index (χ1v) is 9.25. The molecular weight excluding hydrogens is 382 g/mol. The number of anilines is 2. The number of aryl methyl sites for hydroxylation is 1. The van der Waals surface area contributed by atoms with Gasteiger partial charge in [-0.3, -0.25) is 9.59 Å². The molecule has 0 spiro atoms. The monoisotopic (exact) mass is 404 g/mol. The highest BCUT2D eigenvalue weighted by Crippen LogP contribution is 2.33. The molecule has 1 fully saturated rings. The number of hydrogen-bond donors (Lipinski definition) is 1. The van der Waals surface area contributed by atoms with Crippen LogP contribution in [-0.2, 0) is 16.0 Å². The maximum absolute atomic E-state index is 12.7. The molecule has 1 aliphatic heterocycles. The first kappa shape index (κ1) is 20.6. The molecule has 0 unspecified atom stereocenters. The molecule has 0 radical (unpaired) electrons. The highest BCUT2D eigenvalue weighted by Gasteiger charge is 2.35. The second kappa shape index (κ2) is 8.89. The summed E-state index contributed by atoms with van der Waals surface area (Å²) in [7, 11) is 1.33. The predicted octanol–water partition coefficient (Wildman–Crippen LogP) is 3.85. The number of halogens is 2. The van der Waals surface area contributed by atoms with E-state index in [9.17, 15) is 18.4 Å². The summed E-state index contributed by atoms with van der Waals surface area (Å²) in [5.41, 5.74) is 2.13. The van der Waals surface area contributed by atoms with Crippen molar-refractivity contribution in [3.05, 3.63) is 48.0 Å². The van der Waals surface area contributed by atoms with Crippen molar-refractivity contribution >= 4 is 23.2 Å². The number of alkyl halides is 2. The number of carbonyl (C=O) groups is 2. The Balaban J connectivity index is 1.73. The number of nitrogens with one attached hydrogen (secondary N) is 1. The van der Waals surface area contributed by atoms with Crippen molar-refractivity contribution < 1.29 is 27.8 Å². The normalized spacial score (nSPS) is 16.2. The van der Waals surface area contributed by atoms with Gasteiger partial charge in [0, 0.05) is 30.4 Å². The zero-order valence-corrected chi connectivity index (χ0v) is 16.2. The fraction of sp³-hybridized carbons (Fsp3) is 0.333. The van der Waals surface area contributed by atoms with E-state index in [2.05, 4.69) is 10.1 Å². The summed E-state index contributed by atoms with van der Waals surface area (Å²) in [5, 5.41) is 2.67. The molecule has 1 saturated heterocycles. The molecule has 2 aromatic carbocycles.